The Hall–Kier alpha value is -2.88. The maximum Gasteiger partial charge on any atom is 0.343 e. The van der Waals surface area contributed by atoms with Crippen molar-refractivity contribution >= 4 is 11.8 Å². The van der Waals surface area contributed by atoms with Crippen LogP contribution in [0.25, 0.3) is 0 Å². The molecular formula is C19H16O4. The van der Waals surface area contributed by atoms with Gasteiger partial charge in [0.1, 0.15) is 11.5 Å². The first-order chi connectivity index (χ1) is 11.0. The summed E-state index contributed by atoms with van der Waals surface area (Å²) in [6.07, 6.45) is 0. The number of rotatable bonds is 2. The fourth-order valence-corrected chi connectivity index (χ4v) is 2.49. The van der Waals surface area contributed by atoms with Crippen LogP contribution in [0.15, 0.2) is 53.8 Å². The summed E-state index contributed by atoms with van der Waals surface area (Å²) >= 11 is 0. The summed E-state index contributed by atoms with van der Waals surface area (Å²) in [6.45, 7) is 5.45. The molecule has 2 aromatic carbocycles. The Labute approximate surface area is 134 Å². The molecule has 23 heavy (non-hydrogen) atoms. The highest BCUT2D eigenvalue weighted by Gasteiger charge is 2.31. The van der Waals surface area contributed by atoms with Gasteiger partial charge in [0.2, 0.25) is 5.78 Å². The second kappa shape index (κ2) is 5.72. The van der Waals surface area contributed by atoms with Gasteiger partial charge in [-0.05, 0) is 50.1 Å². The van der Waals surface area contributed by atoms with E-state index in [2.05, 4.69) is 0 Å². The largest absolute Gasteiger partial charge is 0.452 e. The van der Waals surface area contributed by atoms with E-state index in [1.54, 1.807) is 43.3 Å². The first-order valence-electron chi connectivity index (χ1n) is 7.29. The normalized spacial score (nSPS) is 12.7. The SMILES string of the molecule is CC(C)=C1Oc2cc(OC(=O)c3ccccc3)cc(C)c2C1=O. The molecule has 3 rings (SSSR count). The summed E-state index contributed by atoms with van der Waals surface area (Å²) in [5, 5.41) is 0. The van der Waals surface area contributed by atoms with Crippen LogP contribution in [0, 0.1) is 6.92 Å². The molecule has 0 N–H and O–H groups in total. The van der Waals surface area contributed by atoms with Gasteiger partial charge >= 0.3 is 5.97 Å². The van der Waals surface area contributed by atoms with E-state index < -0.39 is 5.97 Å². The van der Waals surface area contributed by atoms with Crippen molar-refractivity contribution in [1.82, 2.24) is 0 Å². The highest BCUT2D eigenvalue weighted by molar-refractivity contribution is 6.13. The van der Waals surface area contributed by atoms with Crippen molar-refractivity contribution in [3.8, 4) is 11.5 Å². The van der Waals surface area contributed by atoms with E-state index in [1.807, 2.05) is 19.9 Å². The molecule has 1 aliphatic rings. The molecule has 0 aliphatic carbocycles. The minimum Gasteiger partial charge on any atom is -0.452 e. The third-order valence-electron chi connectivity index (χ3n) is 3.59. The summed E-state index contributed by atoms with van der Waals surface area (Å²) in [5.74, 6) is 0.560. The number of fused-ring (bicyclic) bond motifs is 1. The Kier molecular flexibility index (Phi) is 3.74. The van der Waals surface area contributed by atoms with E-state index in [9.17, 15) is 9.59 Å². The van der Waals surface area contributed by atoms with Gasteiger partial charge in [0, 0.05) is 6.07 Å². The number of allylic oxidation sites excluding steroid dienone is 2. The van der Waals surface area contributed by atoms with Crippen molar-refractivity contribution in [1.29, 1.82) is 0 Å². The molecule has 1 heterocycles. The van der Waals surface area contributed by atoms with Gasteiger partial charge in [0.15, 0.2) is 5.76 Å². The zero-order valence-electron chi connectivity index (χ0n) is 13.2. The zero-order valence-corrected chi connectivity index (χ0v) is 13.2. The smallest absolute Gasteiger partial charge is 0.343 e. The van der Waals surface area contributed by atoms with Crippen LogP contribution in [-0.4, -0.2) is 11.8 Å². The number of benzene rings is 2. The topological polar surface area (TPSA) is 52.6 Å². The van der Waals surface area contributed by atoms with Gasteiger partial charge in [-0.15, -0.1) is 0 Å². The predicted octanol–water partition coefficient (Wildman–Crippen LogP) is 4.08. The molecule has 0 radical (unpaired) electrons. The first kappa shape index (κ1) is 15.0. The van der Waals surface area contributed by atoms with E-state index in [0.29, 0.717) is 28.4 Å². The lowest BCUT2D eigenvalue weighted by Gasteiger charge is -2.07. The monoisotopic (exact) mass is 308 g/mol. The van der Waals surface area contributed by atoms with Gasteiger partial charge in [-0.2, -0.15) is 0 Å². The maximum absolute atomic E-state index is 12.3. The van der Waals surface area contributed by atoms with Crippen LogP contribution >= 0.6 is 0 Å². The number of Topliss-reactive ketones (excluding diaryl/α,β-unsaturated/α-hetero) is 1. The van der Waals surface area contributed by atoms with Crippen LogP contribution in [0.2, 0.25) is 0 Å². The van der Waals surface area contributed by atoms with E-state index >= 15 is 0 Å². The third-order valence-corrected chi connectivity index (χ3v) is 3.59. The third kappa shape index (κ3) is 2.75. The van der Waals surface area contributed by atoms with Crippen molar-refractivity contribution < 1.29 is 19.1 Å². The molecule has 0 aromatic heterocycles. The lowest BCUT2D eigenvalue weighted by molar-refractivity contribution is 0.0734. The van der Waals surface area contributed by atoms with Crippen LogP contribution < -0.4 is 9.47 Å². The molecule has 0 spiro atoms. The molecule has 0 bridgehead atoms. The molecule has 0 unspecified atom stereocenters. The minimum absolute atomic E-state index is 0.126. The lowest BCUT2D eigenvalue weighted by Crippen LogP contribution is -2.08. The van der Waals surface area contributed by atoms with Gasteiger partial charge in [0.05, 0.1) is 11.1 Å². The standard InChI is InChI=1S/C19H16O4/c1-11(2)18-17(20)16-12(3)9-14(10-15(16)23-18)22-19(21)13-7-5-4-6-8-13/h4-10H,1-3H3. The van der Waals surface area contributed by atoms with Crippen LogP contribution in [0.1, 0.15) is 40.1 Å². The van der Waals surface area contributed by atoms with Crippen molar-refractivity contribution in [3.05, 3.63) is 70.5 Å². The molecule has 4 nitrogen and oxygen atoms in total. The highest BCUT2D eigenvalue weighted by atomic mass is 16.5. The Morgan fingerprint density at radius 1 is 1.09 bits per heavy atom. The molecular weight excluding hydrogens is 292 g/mol. The van der Waals surface area contributed by atoms with E-state index in [0.717, 1.165) is 11.1 Å². The molecule has 1 aliphatic heterocycles. The van der Waals surface area contributed by atoms with Crippen molar-refractivity contribution in [2.24, 2.45) is 0 Å². The number of carbonyl (C=O) groups is 2. The average molecular weight is 308 g/mol. The van der Waals surface area contributed by atoms with E-state index in [1.165, 1.54) is 0 Å². The summed E-state index contributed by atoms with van der Waals surface area (Å²) in [7, 11) is 0. The Morgan fingerprint density at radius 3 is 2.43 bits per heavy atom. The number of hydrogen-bond acceptors (Lipinski definition) is 4. The Morgan fingerprint density at radius 2 is 1.78 bits per heavy atom. The molecule has 4 heteroatoms. The maximum atomic E-state index is 12.3. The molecule has 0 fully saturated rings. The number of ether oxygens (including phenoxy) is 2. The van der Waals surface area contributed by atoms with Crippen LogP contribution in [0.5, 0.6) is 11.5 Å². The number of ketones is 1. The molecule has 2 aromatic rings. The second-order valence-corrected chi connectivity index (χ2v) is 5.63. The predicted molar refractivity (Wildman–Crippen MR) is 85.9 cm³/mol. The summed E-state index contributed by atoms with van der Waals surface area (Å²) in [6, 6.07) is 12.0. The molecule has 0 saturated carbocycles. The Bertz CT molecular complexity index is 828. The second-order valence-electron chi connectivity index (χ2n) is 5.63. The lowest BCUT2D eigenvalue weighted by atomic mass is 10.0. The zero-order chi connectivity index (χ0) is 16.6. The number of carbonyl (C=O) groups excluding carboxylic acids is 2. The Balaban J connectivity index is 1.92. The number of esters is 1. The molecule has 0 atom stereocenters. The van der Waals surface area contributed by atoms with Gasteiger partial charge < -0.3 is 9.47 Å². The van der Waals surface area contributed by atoms with Gasteiger partial charge in [-0.25, -0.2) is 4.79 Å². The van der Waals surface area contributed by atoms with Gasteiger partial charge in [-0.1, -0.05) is 18.2 Å². The fraction of sp³-hybridized carbons (Fsp3) is 0.158. The highest BCUT2D eigenvalue weighted by Crippen LogP contribution is 2.37. The van der Waals surface area contributed by atoms with Gasteiger partial charge in [-0.3, -0.25) is 4.79 Å². The quantitative estimate of drug-likeness (QED) is 0.476. The summed E-state index contributed by atoms with van der Waals surface area (Å²) < 4.78 is 11.0. The minimum atomic E-state index is -0.447. The number of hydrogen-bond donors (Lipinski definition) is 0. The molecule has 0 amide bonds. The summed E-state index contributed by atoms with van der Waals surface area (Å²) in [4.78, 5) is 24.4. The van der Waals surface area contributed by atoms with Crippen LogP contribution in [0.3, 0.4) is 0 Å². The number of aryl methyl sites for hydroxylation is 1. The first-order valence-corrected chi connectivity index (χ1v) is 7.29. The molecule has 116 valence electrons. The van der Waals surface area contributed by atoms with E-state index in [4.69, 9.17) is 9.47 Å². The van der Waals surface area contributed by atoms with Crippen molar-refractivity contribution in [2.45, 2.75) is 20.8 Å². The van der Waals surface area contributed by atoms with Crippen LogP contribution in [0.4, 0.5) is 0 Å². The summed E-state index contributed by atoms with van der Waals surface area (Å²) in [5.41, 5.74) is 2.53. The van der Waals surface area contributed by atoms with E-state index in [-0.39, 0.29) is 5.78 Å². The fourth-order valence-electron chi connectivity index (χ4n) is 2.49. The average Bonchev–Trinajstić information content (AvgIpc) is 2.85. The van der Waals surface area contributed by atoms with Crippen molar-refractivity contribution in [2.75, 3.05) is 0 Å². The van der Waals surface area contributed by atoms with Gasteiger partial charge in [0.25, 0.3) is 0 Å². The van der Waals surface area contributed by atoms with Crippen LogP contribution in [-0.2, 0) is 0 Å². The van der Waals surface area contributed by atoms with Crippen molar-refractivity contribution in [3.63, 3.8) is 0 Å². The molecule has 0 saturated heterocycles.